The van der Waals surface area contributed by atoms with Gasteiger partial charge in [0.15, 0.2) is 0 Å². The minimum absolute atomic E-state index is 0.194. The monoisotopic (exact) mass is 307 g/mol. The highest BCUT2D eigenvalue weighted by Gasteiger charge is 2.13. The van der Waals surface area contributed by atoms with E-state index in [2.05, 4.69) is 4.72 Å². The molecule has 0 aromatic heterocycles. The summed E-state index contributed by atoms with van der Waals surface area (Å²) in [7, 11) is -1.99. The highest BCUT2D eigenvalue weighted by Crippen LogP contribution is 2.22. The Morgan fingerprint density at radius 1 is 0.952 bits per heavy atom. The lowest BCUT2D eigenvalue weighted by Crippen LogP contribution is -2.27. The number of nitrogens with one attached hydrogen (secondary N) is 1. The highest BCUT2D eigenvalue weighted by molar-refractivity contribution is 7.89. The number of ether oxygens (including phenoxy) is 2. The van der Waals surface area contributed by atoms with Gasteiger partial charge in [-0.05, 0) is 36.4 Å². The van der Waals surface area contributed by atoms with Gasteiger partial charge in [-0.3, -0.25) is 0 Å². The molecule has 0 saturated carbocycles. The van der Waals surface area contributed by atoms with Gasteiger partial charge in [0.05, 0.1) is 11.5 Å². The minimum Gasteiger partial charge on any atom is -0.457 e. The van der Waals surface area contributed by atoms with Crippen molar-refractivity contribution in [2.24, 2.45) is 0 Å². The molecule has 2 aromatic rings. The van der Waals surface area contributed by atoms with Gasteiger partial charge in [0.25, 0.3) is 0 Å². The van der Waals surface area contributed by atoms with Crippen LogP contribution in [0.15, 0.2) is 59.5 Å². The van der Waals surface area contributed by atoms with Crippen LogP contribution in [0.4, 0.5) is 0 Å². The number of sulfonamides is 1. The first-order valence-corrected chi connectivity index (χ1v) is 7.92. The van der Waals surface area contributed by atoms with Gasteiger partial charge < -0.3 is 9.47 Å². The molecule has 0 unspecified atom stereocenters. The van der Waals surface area contributed by atoms with Gasteiger partial charge in [0, 0.05) is 13.7 Å². The van der Waals surface area contributed by atoms with Gasteiger partial charge in [-0.1, -0.05) is 18.2 Å². The molecule has 0 aliphatic heterocycles. The molecule has 5 nitrogen and oxygen atoms in total. The van der Waals surface area contributed by atoms with Crippen molar-refractivity contribution >= 4 is 10.0 Å². The van der Waals surface area contributed by atoms with E-state index in [-0.39, 0.29) is 11.4 Å². The van der Waals surface area contributed by atoms with Crippen LogP contribution < -0.4 is 9.46 Å². The maximum Gasteiger partial charge on any atom is 0.240 e. The molecular formula is C15H17NO4S. The molecule has 112 valence electrons. The molecule has 0 bridgehead atoms. The highest BCUT2D eigenvalue weighted by atomic mass is 32.2. The summed E-state index contributed by atoms with van der Waals surface area (Å²) in [5, 5.41) is 0. The Hall–Kier alpha value is -1.89. The first kappa shape index (κ1) is 15.5. The van der Waals surface area contributed by atoms with E-state index < -0.39 is 10.0 Å². The molecule has 2 rings (SSSR count). The lowest BCUT2D eigenvalue weighted by Gasteiger charge is -2.08. The predicted octanol–water partition coefficient (Wildman–Crippen LogP) is 2.40. The molecule has 6 heteroatoms. The Morgan fingerprint density at radius 2 is 1.57 bits per heavy atom. The number of hydrogen-bond acceptors (Lipinski definition) is 4. The quantitative estimate of drug-likeness (QED) is 0.798. The summed E-state index contributed by atoms with van der Waals surface area (Å²) in [4.78, 5) is 0.194. The zero-order valence-electron chi connectivity index (χ0n) is 11.7. The standard InChI is InChI=1S/C15H17NO4S/c1-19-12-11-16-21(17,18)15-9-7-14(8-10-15)20-13-5-3-2-4-6-13/h2-10,16H,11-12H2,1H3. The molecule has 0 amide bonds. The summed E-state index contributed by atoms with van der Waals surface area (Å²) in [6.07, 6.45) is 0. The van der Waals surface area contributed by atoms with E-state index in [1.807, 2.05) is 30.3 Å². The summed E-state index contributed by atoms with van der Waals surface area (Å²) in [6.45, 7) is 0.565. The average molecular weight is 307 g/mol. The Balaban J connectivity index is 2.05. The predicted molar refractivity (Wildman–Crippen MR) is 80.0 cm³/mol. The van der Waals surface area contributed by atoms with Crippen molar-refractivity contribution in [3.05, 3.63) is 54.6 Å². The average Bonchev–Trinajstić information content (AvgIpc) is 2.49. The van der Waals surface area contributed by atoms with Crippen molar-refractivity contribution < 1.29 is 17.9 Å². The Labute approximate surface area is 124 Å². The zero-order chi connectivity index (χ0) is 15.1. The third-order valence-corrected chi connectivity index (χ3v) is 4.19. The molecule has 0 atom stereocenters. The van der Waals surface area contributed by atoms with Crippen molar-refractivity contribution in [2.45, 2.75) is 4.90 Å². The van der Waals surface area contributed by atoms with Gasteiger partial charge in [0.1, 0.15) is 11.5 Å². The maximum atomic E-state index is 12.0. The number of para-hydroxylation sites is 1. The van der Waals surface area contributed by atoms with Crippen LogP contribution >= 0.6 is 0 Å². The van der Waals surface area contributed by atoms with Crippen molar-refractivity contribution in [1.29, 1.82) is 0 Å². The second kappa shape index (κ2) is 7.21. The van der Waals surface area contributed by atoms with E-state index in [9.17, 15) is 8.42 Å². The molecule has 0 heterocycles. The van der Waals surface area contributed by atoms with Gasteiger partial charge >= 0.3 is 0 Å². The van der Waals surface area contributed by atoms with Crippen LogP contribution in [0.1, 0.15) is 0 Å². The molecule has 2 aromatic carbocycles. The van der Waals surface area contributed by atoms with Crippen LogP contribution in [0, 0.1) is 0 Å². The summed E-state index contributed by atoms with van der Waals surface area (Å²) in [5.74, 6) is 1.28. The second-order valence-electron chi connectivity index (χ2n) is 4.28. The molecule has 0 spiro atoms. The largest absolute Gasteiger partial charge is 0.457 e. The van der Waals surface area contributed by atoms with E-state index in [0.717, 1.165) is 0 Å². The molecule has 1 N–H and O–H groups in total. The molecule has 0 aliphatic carbocycles. The van der Waals surface area contributed by atoms with Crippen molar-refractivity contribution in [1.82, 2.24) is 4.72 Å². The van der Waals surface area contributed by atoms with E-state index >= 15 is 0 Å². The summed E-state index contributed by atoms with van der Waals surface area (Å²) < 4.78 is 36.8. The van der Waals surface area contributed by atoms with Gasteiger partial charge in [-0.25, -0.2) is 13.1 Å². The van der Waals surface area contributed by atoms with Gasteiger partial charge in [-0.15, -0.1) is 0 Å². The first-order chi connectivity index (χ1) is 10.1. The molecule has 0 fully saturated rings. The van der Waals surface area contributed by atoms with Crippen LogP contribution in [0.25, 0.3) is 0 Å². The van der Waals surface area contributed by atoms with Gasteiger partial charge in [0.2, 0.25) is 10.0 Å². The molecule has 21 heavy (non-hydrogen) atoms. The maximum absolute atomic E-state index is 12.0. The van der Waals surface area contributed by atoms with E-state index in [1.165, 1.54) is 19.2 Å². The van der Waals surface area contributed by atoms with Crippen LogP contribution in [-0.4, -0.2) is 28.7 Å². The first-order valence-electron chi connectivity index (χ1n) is 6.43. The Bertz CT molecular complexity index is 654. The summed E-state index contributed by atoms with van der Waals surface area (Å²) in [6, 6.07) is 15.6. The normalized spacial score (nSPS) is 11.3. The fourth-order valence-electron chi connectivity index (χ4n) is 1.67. The lowest BCUT2D eigenvalue weighted by molar-refractivity contribution is 0.204. The number of hydrogen-bond donors (Lipinski definition) is 1. The Kier molecular flexibility index (Phi) is 5.32. The summed E-state index contributed by atoms with van der Waals surface area (Å²) >= 11 is 0. The number of rotatable bonds is 7. The fraction of sp³-hybridized carbons (Fsp3) is 0.200. The fourth-order valence-corrected chi connectivity index (χ4v) is 2.69. The van der Waals surface area contributed by atoms with Crippen molar-refractivity contribution in [3.8, 4) is 11.5 Å². The SMILES string of the molecule is COCCNS(=O)(=O)c1ccc(Oc2ccccc2)cc1. The smallest absolute Gasteiger partial charge is 0.240 e. The molecule has 0 radical (unpaired) electrons. The minimum atomic E-state index is -3.51. The van der Waals surface area contributed by atoms with Crippen LogP contribution in [0.3, 0.4) is 0 Å². The Morgan fingerprint density at radius 3 is 2.19 bits per heavy atom. The third-order valence-electron chi connectivity index (χ3n) is 2.71. The number of methoxy groups -OCH3 is 1. The van der Waals surface area contributed by atoms with Crippen molar-refractivity contribution in [3.63, 3.8) is 0 Å². The number of benzene rings is 2. The zero-order valence-corrected chi connectivity index (χ0v) is 12.5. The van der Waals surface area contributed by atoms with Crippen molar-refractivity contribution in [2.75, 3.05) is 20.3 Å². The van der Waals surface area contributed by atoms with E-state index in [0.29, 0.717) is 18.1 Å². The molecule has 0 aliphatic rings. The molecular weight excluding hydrogens is 290 g/mol. The second-order valence-corrected chi connectivity index (χ2v) is 6.04. The lowest BCUT2D eigenvalue weighted by atomic mass is 10.3. The van der Waals surface area contributed by atoms with Gasteiger partial charge in [-0.2, -0.15) is 0 Å². The topological polar surface area (TPSA) is 64.6 Å². The molecule has 0 saturated heterocycles. The summed E-state index contributed by atoms with van der Waals surface area (Å²) in [5.41, 5.74) is 0. The third kappa shape index (κ3) is 4.56. The van der Waals surface area contributed by atoms with Crippen LogP contribution in [0.5, 0.6) is 11.5 Å². The van der Waals surface area contributed by atoms with E-state index in [4.69, 9.17) is 9.47 Å². The van der Waals surface area contributed by atoms with Crippen LogP contribution in [-0.2, 0) is 14.8 Å². The van der Waals surface area contributed by atoms with Crippen LogP contribution in [0.2, 0.25) is 0 Å². The van der Waals surface area contributed by atoms with E-state index in [1.54, 1.807) is 12.1 Å².